The number of ketones is 3. The summed E-state index contributed by atoms with van der Waals surface area (Å²) >= 11 is 0. The number of amides is 2. The number of carbonyl (C=O) groups is 5. The molecule has 1 N–H and O–H groups in total. The SMILES string of the molecule is CC1=CC(=O)C2=C(C1=O)C(C1=COc3ccc(O)cc3C1)C1=CCC3C(=O)N(c4ccc(C(=O)c5ccccc5)cc4)C(=O)C3C1C2. The number of fused-ring (bicyclic) bond motifs is 4. The molecule has 8 heteroatoms. The van der Waals surface area contributed by atoms with E-state index in [1.807, 2.05) is 12.1 Å². The van der Waals surface area contributed by atoms with E-state index in [2.05, 4.69) is 0 Å². The molecule has 5 aliphatic rings. The van der Waals surface area contributed by atoms with E-state index in [4.69, 9.17) is 4.74 Å². The Labute approximate surface area is 270 Å². The van der Waals surface area contributed by atoms with Gasteiger partial charge in [-0.1, -0.05) is 42.0 Å². The Kier molecular flexibility index (Phi) is 6.58. The average molecular weight is 624 g/mol. The first-order valence-corrected chi connectivity index (χ1v) is 15.7. The molecule has 0 aromatic heterocycles. The van der Waals surface area contributed by atoms with Gasteiger partial charge < -0.3 is 9.84 Å². The van der Waals surface area contributed by atoms with Crippen molar-refractivity contribution in [2.45, 2.75) is 26.2 Å². The third-order valence-electron chi connectivity index (χ3n) is 10.1. The van der Waals surface area contributed by atoms with Crippen molar-refractivity contribution < 1.29 is 33.8 Å². The highest BCUT2D eigenvalue weighted by molar-refractivity contribution is 6.25. The molecule has 0 radical (unpaired) electrons. The number of benzene rings is 3. The van der Waals surface area contributed by atoms with Crippen molar-refractivity contribution >= 4 is 34.9 Å². The Balaban J connectivity index is 1.15. The van der Waals surface area contributed by atoms with Crippen molar-refractivity contribution in [2.75, 3.05) is 4.90 Å². The molecule has 47 heavy (non-hydrogen) atoms. The van der Waals surface area contributed by atoms with Crippen LogP contribution >= 0.6 is 0 Å². The molecule has 3 aromatic carbocycles. The van der Waals surface area contributed by atoms with Gasteiger partial charge in [-0.25, -0.2) is 0 Å². The maximum absolute atomic E-state index is 14.3. The summed E-state index contributed by atoms with van der Waals surface area (Å²) in [5.41, 5.74) is 4.83. The lowest BCUT2D eigenvalue weighted by atomic mass is 9.58. The lowest BCUT2D eigenvalue weighted by Gasteiger charge is -2.43. The maximum atomic E-state index is 14.3. The minimum absolute atomic E-state index is 0.0880. The zero-order valence-corrected chi connectivity index (χ0v) is 25.4. The number of aromatic hydroxyl groups is 1. The zero-order chi connectivity index (χ0) is 32.6. The van der Waals surface area contributed by atoms with Crippen molar-refractivity contribution in [1.82, 2.24) is 0 Å². The number of hydrogen-bond acceptors (Lipinski definition) is 7. The molecular formula is C39H29NO7. The van der Waals surface area contributed by atoms with E-state index in [-0.39, 0.29) is 41.3 Å². The van der Waals surface area contributed by atoms with Crippen LogP contribution in [0.5, 0.6) is 11.5 Å². The minimum Gasteiger partial charge on any atom is -0.508 e. The lowest BCUT2D eigenvalue weighted by Crippen LogP contribution is -2.41. The molecule has 0 saturated carbocycles. The first kappa shape index (κ1) is 28.8. The Bertz CT molecular complexity index is 2070. The number of imide groups is 1. The summed E-state index contributed by atoms with van der Waals surface area (Å²) in [6.45, 7) is 1.63. The molecule has 4 unspecified atom stereocenters. The van der Waals surface area contributed by atoms with E-state index in [0.717, 1.165) is 16.7 Å². The van der Waals surface area contributed by atoms with Crippen LogP contribution in [0.1, 0.15) is 41.3 Å². The van der Waals surface area contributed by atoms with Crippen LogP contribution in [0.2, 0.25) is 0 Å². The fourth-order valence-corrected chi connectivity index (χ4v) is 7.94. The molecule has 2 aliphatic heterocycles. The van der Waals surface area contributed by atoms with Gasteiger partial charge in [0.1, 0.15) is 11.5 Å². The molecule has 0 spiro atoms. The molecule has 3 aliphatic carbocycles. The summed E-state index contributed by atoms with van der Waals surface area (Å²) in [6.07, 6.45) is 5.81. The number of carbonyl (C=O) groups excluding carboxylic acids is 5. The van der Waals surface area contributed by atoms with Crippen LogP contribution in [0.4, 0.5) is 5.69 Å². The number of phenols is 1. The van der Waals surface area contributed by atoms with Crippen LogP contribution in [-0.2, 0) is 25.6 Å². The molecule has 8 rings (SSSR count). The van der Waals surface area contributed by atoms with E-state index in [1.165, 1.54) is 11.0 Å². The summed E-state index contributed by atoms with van der Waals surface area (Å²) in [5.74, 6) is -3.06. The van der Waals surface area contributed by atoms with Gasteiger partial charge >= 0.3 is 0 Å². The predicted octanol–water partition coefficient (Wildman–Crippen LogP) is 5.61. The van der Waals surface area contributed by atoms with Gasteiger partial charge in [0.2, 0.25) is 11.8 Å². The zero-order valence-electron chi connectivity index (χ0n) is 25.4. The molecule has 0 bridgehead atoms. The maximum Gasteiger partial charge on any atom is 0.238 e. The van der Waals surface area contributed by atoms with E-state index in [0.29, 0.717) is 52.1 Å². The number of hydrogen-bond donors (Lipinski definition) is 1. The summed E-state index contributed by atoms with van der Waals surface area (Å²) < 4.78 is 5.96. The first-order chi connectivity index (χ1) is 22.7. The number of rotatable bonds is 4. The smallest absolute Gasteiger partial charge is 0.238 e. The van der Waals surface area contributed by atoms with Gasteiger partial charge in [0.15, 0.2) is 17.3 Å². The Morgan fingerprint density at radius 2 is 1.64 bits per heavy atom. The lowest BCUT2D eigenvalue weighted by molar-refractivity contribution is -0.123. The molecule has 1 fully saturated rings. The highest BCUT2D eigenvalue weighted by Crippen LogP contribution is 2.55. The summed E-state index contributed by atoms with van der Waals surface area (Å²) in [7, 11) is 0. The van der Waals surface area contributed by atoms with E-state index in [9.17, 15) is 29.1 Å². The van der Waals surface area contributed by atoms with Crippen molar-refractivity contribution in [2.24, 2.45) is 23.7 Å². The number of Topliss-reactive ketones (excluding diaryl/α,β-unsaturated/α-hetero) is 1. The summed E-state index contributed by atoms with van der Waals surface area (Å²) in [6, 6.07) is 20.2. The van der Waals surface area contributed by atoms with E-state index in [1.54, 1.807) is 79.9 Å². The van der Waals surface area contributed by atoms with Crippen LogP contribution in [-0.4, -0.2) is 34.3 Å². The van der Waals surface area contributed by atoms with Gasteiger partial charge in [-0.2, -0.15) is 0 Å². The Hall–Kier alpha value is -5.63. The topological polar surface area (TPSA) is 118 Å². The second-order valence-electron chi connectivity index (χ2n) is 12.8. The summed E-state index contributed by atoms with van der Waals surface area (Å²) in [5, 5.41) is 10.1. The number of ether oxygens (including phenoxy) is 1. The molecule has 4 atom stereocenters. The third kappa shape index (κ3) is 4.47. The van der Waals surface area contributed by atoms with Crippen LogP contribution in [0.25, 0.3) is 0 Å². The van der Waals surface area contributed by atoms with Gasteiger partial charge in [0, 0.05) is 45.7 Å². The highest BCUT2D eigenvalue weighted by atomic mass is 16.5. The molecule has 2 heterocycles. The standard InChI is InChI=1S/C39H29NO7/c1-20-15-31(42)30-18-29-27(33(35(30)36(20)43)24-16-23-17-26(41)11-14-32(23)47-19-24)12-13-28-34(29)39(46)40(38(28)45)25-9-7-22(8-10-25)37(44)21-5-3-2-4-6-21/h2-12,14-15,17,19,28-29,33-34,41H,13,16,18H2,1H3. The van der Waals surface area contributed by atoms with Gasteiger partial charge in [-0.3, -0.25) is 28.9 Å². The normalized spacial score (nSPS) is 24.8. The number of allylic oxidation sites excluding steroid dienone is 7. The summed E-state index contributed by atoms with van der Waals surface area (Å²) in [4.78, 5) is 69.5. The molecular weight excluding hydrogens is 594 g/mol. The second-order valence-corrected chi connectivity index (χ2v) is 12.8. The molecule has 8 nitrogen and oxygen atoms in total. The largest absolute Gasteiger partial charge is 0.508 e. The van der Waals surface area contributed by atoms with Crippen molar-refractivity contribution in [3.63, 3.8) is 0 Å². The minimum atomic E-state index is -0.721. The van der Waals surface area contributed by atoms with Gasteiger partial charge in [-0.05, 0) is 79.8 Å². The molecule has 232 valence electrons. The monoisotopic (exact) mass is 623 g/mol. The highest BCUT2D eigenvalue weighted by Gasteiger charge is 2.57. The fourth-order valence-electron chi connectivity index (χ4n) is 7.94. The van der Waals surface area contributed by atoms with Crippen LogP contribution in [0.15, 0.2) is 119 Å². The van der Waals surface area contributed by atoms with E-state index >= 15 is 0 Å². The van der Waals surface area contributed by atoms with Crippen molar-refractivity contribution in [3.05, 3.63) is 136 Å². The quantitative estimate of drug-likeness (QED) is 0.174. The predicted molar refractivity (Wildman–Crippen MR) is 171 cm³/mol. The van der Waals surface area contributed by atoms with Gasteiger partial charge in [-0.15, -0.1) is 0 Å². The third-order valence-corrected chi connectivity index (χ3v) is 10.1. The van der Waals surface area contributed by atoms with Crippen LogP contribution in [0, 0.1) is 23.7 Å². The molecule has 2 amide bonds. The van der Waals surface area contributed by atoms with Crippen LogP contribution in [0.3, 0.4) is 0 Å². The van der Waals surface area contributed by atoms with Crippen molar-refractivity contribution in [3.8, 4) is 11.5 Å². The Morgan fingerprint density at radius 1 is 0.894 bits per heavy atom. The average Bonchev–Trinajstić information content (AvgIpc) is 3.35. The van der Waals surface area contributed by atoms with Crippen molar-refractivity contribution in [1.29, 1.82) is 0 Å². The molecule has 3 aromatic rings. The van der Waals surface area contributed by atoms with Gasteiger partial charge in [0.25, 0.3) is 0 Å². The number of anilines is 1. The number of nitrogens with zero attached hydrogens (tertiary/aromatic N) is 1. The first-order valence-electron chi connectivity index (χ1n) is 15.7. The second kappa shape index (κ2) is 10.7. The number of phenolic OH excluding ortho intramolecular Hbond substituents is 1. The van der Waals surface area contributed by atoms with Crippen LogP contribution < -0.4 is 9.64 Å². The fraction of sp³-hybridized carbons (Fsp3) is 0.205. The molecule has 1 saturated heterocycles. The Morgan fingerprint density at radius 3 is 2.40 bits per heavy atom. The van der Waals surface area contributed by atoms with E-state index < -0.39 is 23.7 Å². The van der Waals surface area contributed by atoms with Gasteiger partial charge in [0.05, 0.1) is 23.8 Å².